The molecule has 0 saturated carbocycles. The van der Waals surface area contributed by atoms with E-state index in [1.54, 1.807) is 31.2 Å². The van der Waals surface area contributed by atoms with Crippen molar-refractivity contribution in [3.05, 3.63) is 42.5 Å². The molecule has 0 aliphatic rings. The van der Waals surface area contributed by atoms with Crippen molar-refractivity contribution in [3.63, 3.8) is 0 Å². The Morgan fingerprint density at radius 3 is 2.76 bits per heavy atom. The molecule has 2 aromatic carbocycles. The first kappa shape index (κ1) is 16.5. The second kappa shape index (κ2) is 7.04. The van der Waals surface area contributed by atoms with Crippen LogP contribution in [0.15, 0.2) is 46.9 Å². The third-order valence-corrected chi connectivity index (χ3v) is 3.46. The number of carboxylic acids is 1. The number of ether oxygens (including phenoxy) is 1. The van der Waals surface area contributed by atoms with E-state index >= 15 is 0 Å². The van der Waals surface area contributed by atoms with Crippen LogP contribution in [0.4, 0.5) is 5.69 Å². The Labute approximate surface area is 143 Å². The Balaban J connectivity index is 2.03. The fourth-order valence-corrected chi connectivity index (χ4v) is 2.28. The average Bonchev–Trinajstić information content (AvgIpc) is 3.04. The van der Waals surface area contributed by atoms with Gasteiger partial charge in [0.25, 0.3) is 0 Å². The van der Waals surface area contributed by atoms with Gasteiger partial charge >= 0.3 is 5.97 Å². The molecule has 0 unspecified atom stereocenters. The van der Waals surface area contributed by atoms with Crippen molar-refractivity contribution in [2.45, 2.75) is 13.3 Å². The second-order valence-corrected chi connectivity index (χ2v) is 5.28. The summed E-state index contributed by atoms with van der Waals surface area (Å²) in [5.41, 5.74) is 2.28. The third-order valence-electron chi connectivity index (χ3n) is 3.46. The number of nitrogens with zero attached hydrogens (tertiary/aromatic N) is 1. The number of amides is 1. The van der Waals surface area contributed by atoms with Gasteiger partial charge in [0.15, 0.2) is 12.2 Å². The zero-order chi connectivity index (χ0) is 17.8. The minimum absolute atomic E-state index is 0.136. The van der Waals surface area contributed by atoms with Crippen LogP contribution >= 0.6 is 0 Å². The highest BCUT2D eigenvalue weighted by molar-refractivity contribution is 5.91. The molecule has 7 heteroatoms. The highest BCUT2D eigenvalue weighted by Crippen LogP contribution is 2.34. The van der Waals surface area contributed by atoms with Gasteiger partial charge in [0.05, 0.1) is 5.56 Å². The first-order valence-corrected chi connectivity index (χ1v) is 7.71. The largest absolute Gasteiger partial charge is 0.481 e. The molecule has 0 radical (unpaired) electrons. The summed E-state index contributed by atoms with van der Waals surface area (Å²) in [5, 5.41) is 11.6. The molecule has 0 spiro atoms. The summed E-state index contributed by atoms with van der Waals surface area (Å²) >= 11 is 0. The minimum atomic E-state index is -1.09. The first-order chi connectivity index (χ1) is 12.1. The number of benzene rings is 2. The molecule has 3 rings (SSSR count). The number of aromatic nitrogens is 1. The molecular formula is C18H16N2O5. The van der Waals surface area contributed by atoms with Crippen LogP contribution < -0.4 is 10.1 Å². The van der Waals surface area contributed by atoms with Crippen LogP contribution in [0.3, 0.4) is 0 Å². The zero-order valence-corrected chi connectivity index (χ0v) is 13.5. The standard InChI is InChI=1S/C18H16N2O5/c1-2-16(21)19-11-7-8-14(24-10-17(22)23)12(9-11)18-20-13-5-3-4-6-15(13)25-18/h3-9H,2,10H2,1H3,(H,19,21)(H,22,23). The SMILES string of the molecule is CCC(=O)Nc1ccc(OCC(=O)O)c(-c2nc3ccccc3o2)c1. The fraction of sp³-hybridized carbons (Fsp3) is 0.167. The van der Waals surface area contributed by atoms with E-state index in [0.29, 0.717) is 34.5 Å². The predicted octanol–water partition coefficient (Wildman–Crippen LogP) is 3.31. The van der Waals surface area contributed by atoms with Gasteiger partial charge in [0.1, 0.15) is 11.3 Å². The molecular weight excluding hydrogens is 324 g/mol. The fourth-order valence-electron chi connectivity index (χ4n) is 2.28. The van der Waals surface area contributed by atoms with Crippen molar-refractivity contribution in [3.8, 4) is 17.2 Å². The Kier molecular flexibility index (Phi) is 4.65. The Morgan fingerprint density at radius 2 is 2.04 bits per heavy atom. The van der Waals surface area contributed by atoms with Gasteiger partial charge in [-0.25, -0.2) is 9.78 Å². The van der Waals surface area contributed by atoms with E-state index in [-0.39, 0.29) is 11.8 Å². The van der Waals surface area contributed by atoms with E-state index in [2.05, 4.69) is 10.3 Å². The number of anilines is 1. The van der Waals surface area contributed by atoms with E-state index in [9.17, 15) is 9.59 Å². The number of fused-ring (bicyclic) bond motifs is 1. The van der Waals surface area contributed by atoms with Gasteiger partial charge in [0.2, 0.25) is 11.8 Å². The van der Waals surface area contributed by atoms with Crippen molar-refractivity contribution < 1.29 is 23.8 Å². The maximum absolute atomic E-state index is 11.6. The Hall–Kier alpha value is -3.35. The van der Waals surface area contributed by atoms with Crippen molar-refractivity contribution in [1.29, 1.82) is 0 Å². The number of hydrogen-bond donors (Lipinski definition) is 2. The summed E-state index contributed by atoms with van der Waals surface area (Å²) in [7, 11) is 0. The van der Waals surface area contributed by atoms with Crippen molar-refractivity contribution >= 4 is 28.7 Å². The number of oxazole rings is 1. The smallest absolute Gasteiger partial charge is 0.341 e. The van der Waals surface area contributed by atoms with Crippen LogP contribution in [0.5, 0.6) is 5.75 Å². The zero-order valence-electron chi connectivity index (χ0n) is 13.5. The van der Waals surface area contributed by atoms with Crippen molar-refractivity contribution in [2.75, 3.05) is 11.9 Å². The number of hydrogen-bond acceptors (Lipinski definition) is 5. The van der Waals surface area contributed by atoms with E-state index in [0.717, 1.165) is 0 Å². The average molecular weight is 340 g/mol. The monoisotopic (exact) mass is 340 g/mol. The first-order valence-electron chi connectivity index (χ1n) is 7.71. The van der Waals surface area contributed by atoms with Crippen molar-refractivity contribution in [2.24, 2.45) is 0 Å². The molecule has 128 valence electrons. The summed E-state index contributed by atoms with van der Waals surface area (Å²) < 4.78 is 11.1. The molecule has 0 aliphatic heterocycles. The molecule has 0 atom stereocenters. The molecule has 0 saturated heterocycles. The lowest BCUT2D eigenvalue weighted by Gasteiger charge is -2.10. The van der Waals surface area contributed by atoms with E-state index < -0.39 is 12.6 Å². The Bertz CT molecular complexity index is 899. The van der Waals surface area contributed by atoms with Crippen LogP contribution in [0.1, 0.15) is 13.3 Å². The number of aliphatic carboxylic acids is 1. The molecule has 2 N–H and O–H groups in total. The molecule has 3 aromatic rings. The molecule has 7 nitrogen and oxygen atoms in total. The summed E-state index contributed by atoms with van der Waals surface area (Å²) in [6.07, 6.45) is 0.343. The van der Waals surface area contributed by atoms with Gasteiger partial charge in [-0.15, -0.1) is 0 Å². The number of carboxylic acid groups (broad SMARTS) is 1. The van der Waals surface area contributed by atoms with Crippen LogP contribution in [0.2, 0.25) is 0 Å². The van der Waals surface area contributed by atoms with Gasteiger partial charge < -0.3 is 19.6 Å². The molecule has 0 fully saturated rings. The maximum Gasteiger partial charge on any atom is 0.341 e. The van der Waals surface area contributed by atoms with E-state index in [1.165, 1.54) is 0 Å². The van der Waals surface area contributed by atoms with Gasteiger partial charge in [0, 0.05) is 12.1 Å². The lowest BCUT2D eigenvalue weighted by atomic mass is 10.1. The molecule has 0 bridgehead atoms. The number of carbonyl (C=O) groups excluding carboxylic acids is 1. The van der Waals surface area contributed by atoms with Gasteiger partial charge in [-0.2, -0.15) is 0 Å². The van der Waals surface area contributed by atoms with E-state index in [1.807, 2.05) is 18.2 Å². The lowest BCUT2D eigenvalue weighted by Crippen LogP contribution is -2.11. The predicted molar refractivity (Wildman–Crippen MR) is 91.5 cm³/mol. The normalized spacial score (nSPS) is 10.6. The molecule has 25 heavy (non-hydrogen) atoms. The highest BCUT2D eigenvalue weighted by Gasteiger charge is 2.16. The second-order valence-electron chi connectivity index (χ2n) is 5.28. The van der Waals surface area contributed by atoms with Gasteiger partial charge in [-0.05, 0) is 30.3 Å². The highest BCUT2D eigenvalue weighted by atomic mass is 16.5. The number of nitrogens with one attached hydrogen (secondary N) is 1. The minimum Gasteiger partial charge on any atom is -0.481 e. The lowest BCUT2D eigenvalue weighted by molar-refractivity contribution is -0.139. The van der Waals surface area contributed by atoms with Crippen LogP contribution in [0.25, 0.3) is 22.6 Å². The molecule has 0 aliphatic carbocycles. The number of para-hydroxylation sites is 2. The van der Waals surface area contributed by atoms with Gasteiger partial charge in [-0.3, -0.25) is 4.79 Å². The molecule has 1 amide bonds. The van der Waals surface area contributed by atoms with Gasteiger partial charge in [-0.1, -0.05) is 19.1 Å². The summed E-state index contributed by atoms with van der Waals surface area (Å²) in [4.78, 5) is 26.8. The van der Waals surface area contributed by atoms with Crippen LogP contribution in [-0.4, -0.2) is 28.6 Å². The number of rotatable bonds is 6. The van der Waals surface area contributed by atoms with Crippen LogP contribution in [-0.2, 0) is 9.59 Å². The molecule has 1 heterocycles. The quantitative estimate of drug-likeness (QED) is 0.714. The topological polar surface area (TPSA) is 102 Å². The Morgan fingerprint density at radius 1 is 1.24 bits per heavy atom. The summed E-state index contributed by atoms with van der Waals surface area (Å²) in [6, 6.07) is 12.1. The summed E-state index contributed by atoms with van der Waals surface area (Å²) in [6.45, 7) is 1.26. The van der Waals surface area contributed by atoms with E-state index in [4.69, 9.17) is 14.3 Å². The van der Waals surface area contributed by atoms with Crippen molar-refractivity contribution in [1.82, 2.24) is 4.98 Å². The maximum atomic E-state index is 11.6. The third kappa shape index (κ3) is 3.77. The van der Waals surface area contributed by atoms with Crippen LogP contribution in [0, 0.1) is 0 Å². The summed E-state index contributed by atoms with van der Waals surface area (Å²) in [5.74, 6) is -0.632. The number of carbonyl (C=O) groups is 2. The molecule has 1 aromatic heterocycles.